The lowest BCUT2D eigenvalue weighted by atomic mass is 9.95. The van der Waals surface area contributed by atoms with Crippen molar-refractivity contribution in [2.24, 2.45) is 0 Å². The molecule has 40 heavy (non-hydrogen) atoms. The normalized spacial score (nSPS) is 15.4. The summed E-state index contributed by atoms with van der Waals surface area (Å²) >= 11 is 0.510. The molecule has 2 amide bonds. The summed E-state index contributed by atoms with van der Waals surface area (Å²) in [6.07, 6.45) is -10.6. The van der Waals surface area contributed by atoms with Gasteiger partial charge in [0, 0.05) is 23.0 Å². The molecule has 5 nitrogen and oxygen atoms in total. The minimum Gasteiger partial charge on any atom is -0.489 e. The maximum absolute atomic E-state index is 13.8. The van der Waals surface area contributed by atoms with E-state index in [2.05, 4.69) is 10.3 Å². The number of allylic oxidation sites excluding steroid dienone is 1. The number of imide groups is 1. The van der Waals surface area contributed by atoms with Gasteiger partial charge in [0.05, 0.1) is 16.0 Å². The van der Waals surface area contributed by atoms with Crippen LogP contribution >= 0.6 is 11.8 Å². The Morgan fingerprint density at radius 3 is 2.25 bits per heavy atom. The van der Waals surface area contributed by atoms with Crippen LogP contribution in [0.2, 0.25) is 0 Å². The van der Waals surface area contributed by atoms with Crippen LogP contribution in [0.25, 0.3) is 16.5 Å². The van der Waals surface area contributed by atoms with Crippen LogP contribution in [0.1, 0.15) is 27.9 Å². The molecule has 1 fully saturated rings. The molecule has 0 radical (unpaired) electrons. The van der Waals surface area contributed by atoms with Crippen LogP contribution in [0, 0.1) is 0 Å². The molecule has 5 rings (SSSR count). The SMILES string of the molecule is O=C1NC(=O)/C(=C(/Cc2ccc(C(F)(F)F)cc2C(F)(F)F)c2cc3cc(OCc4ccccc4)ccc3[nH]2)S1. The summed E-state index contributed by atoms with van der Waals surface area (Å²) in [4.78, 5) is 27.3. The maximum Gasteiger partial charge on any atom is 0.416 e. The third-order valence-corrected chi connectivity index (χ3v) is 7.09. The number of ether oxygens (including phenoxy) is 1. The quantitative estimate of drug-likeness (QED) is 0.182. The molecule has 0 saturated carbocycles. The first-order chi connectivity index (χ1) is 18.9. The molecule has 0 bridgehead atoms. The Morgan fingerprint density at radius 2 is 1.60 bits per heavy atom. The molecule has 0 atom stereocenters. The molecule has 1 aromatic heterocycles. The lowest BCUT2D eigenvalue weighted by Crippen LogP contribution is -2.19. The molecule has 2 N–H and O–H groups in total. The van der Waals surface area contributed by atoms with E-state index in [9.17, 15) is 35.9 Å². The van der Waals surface area contributed by atoms with Crippen LogP contribution in [0.5, 0.6) is 5.75 Å². The van der Waals surface area contributed by atoms with Gasteiger partial charge in [-0.15, -0.1) is 0 Å². The van der Waals surface area contributed by atoms with Crippen molar-refractivity contribution in [2.75, 3.05) is 0 Å². The second-order valence-corrected chi connectivity index (χ2v) is 9.89. The molecule has 1 aliphatic rings. The molecule has 0 aliphatic carbocycles. The van der Waals surface area contributed by atoms with Crippen molar-refractivity contribution >= 4 is 39.4 Å². The van der Waals surface area contributed by atoms with Gasteiger partial charge in [-0.05, 0) is 64.9 Å². The zero-order chi connectivity index (χ0) is 28.7. The minimum absolute atomic E-state index is 0.0292. The summed E-state index contributed by atoms with van der Waals surface area (Å²) in [5, 5.41) is 1.97. The number of aromatic amines is 1. The van der Waals surface area contributed by atoms with E-state index in [4.69, 9.17) is 4.74 Å². The van der Waals surface area contributed by atoms with E-state index in [1.807, 2.05) is 30.3 Å². The van der Waals surface area contributed by atoms with E-state index < -0.39 is 46.6 Å². The number of amides is 2. The summed E-state index contributed by atoms with van der Waals surface area (Å²) < 4.78 is 86.9. The number of carbonyl (C=O) groups is 2. The Morgan fingerprint density at radius 1 is 0.850 bits per heavy atom. The highest BCUT2D eigenvalue weighted by Crippen LogP contribution is 2.41. The van der Waals surface area contributed by atoms with Crippen molar-refractivity contribution in [3.8, 4) is 5.75 Å². The van der Waals surface area contributed by atoms with Gasteiger partial charge in [-0.2, -0.15) is 26.3 Å². The van der Waals surface area contributed by atoms with E-state index in [1.165, 1.54) is 0 Å². The fourth-order valence-corrected chi connectivity index (χ4v) is 5.05. The number of nitrogens with one attached hydrogen (secondary N) is 2. The molecule has 1 aliphatic heterocycles. The van der Waals surface area contributed by atoms with E-state index in [-0.39, 0.29) is 22.2 Å². The number of benzene rings is 3. The van der Waals surface area contributed by atoms with Crippen molar-refractivity contribution in [1.29, 1.82) is 0 Å². The summed E-state index contributed by atoms with van der Waals surface area (Å²) in [6, 6.07) is 17.4. The molecule has 0 spiro atoms. The number of hydrogen-bond donors (Lipinski definition) is 2. The summed E-state index contributed by atoms with van der Waals surface area (Å²) in [5.41, 5.74) is -1.65. The van der Waals surface area contributed by atoms with Crippen LogP contribution < -0.4 is 10.1 Å². The molecule has 206 valence electrons. The van der Waals surface area contributed by atoms with Gasteiger partial charge in [0.1, 0.15) is 12.4 Å². The van der Waals surface area contributed by atoms with E-state index in [0.717, 1.165) is 11.6 Å². The highest BCUT2D eigenvalue weighted by molar-refractivity contribution is 8.18. The van der Waals surface area contributed by atoms with Gasteiger partial charge in [-0.3, -0.25) is 14.9 Å². The minimum atomic E-state index is -5.10. The van der Waals surface area contributed by atoms with Gasteiger partial charge in [-0.25, -0.2) is 0 Å². The number of hydrogen-bond acceptors (Lipinski definition) is 4. The monoisotopic (exact) mass is 576 g/mol. The Bertz CT molecular complexity index is 1640. The van der Waals surface area contributed by atoms with Crippen LogP contribution in [0.3, 0.4) is 0 Å². The summed E-state index contributed by atoms with van der Waals surface area (Å²) in [5.74, 6) is -0.294. The van der Waals surface area contributed by atoms with E-state index >= 15 is 0 Å². The predicted octanol–water partition coefficient (Wildman–Crippen LogP) is 7.72. The average molecular weight is 577 g/mol. The number of H-pyrrole nitrogens is 1. The van der Waals surface area contributed by atoms with Gasteiger partial charge < -0.3 is 9.72 Å². The van der Waals surface area contributed by atoms with Crippen molar-refractivity contribution in [3.63, 3.8) is 0 Å². The first kappa shape index (κ1) is 27.4. The van der Waals surface area contributed by atoms with Crippen LogP contribution in [-0.2, 0) is 30.2 Å². The summed E-state index contributed by atoms with van der Waals surface area (Å²) in [7, 11) is 0. The number of aromatic nitrogens is 1. The molecule has 3 aromatic carbocycles. The first-order valence-corrected chi connectivity index (χ1v) is 12.5. The van der Waals surface area contributed by atoms with Crippen LogP contribution in [0.4, 0.5) is 31.1 Å². The van der Waals surface area contributed by atoms with Gasteiger partial charge >= 0.3 is 12.4 Å². The number of carbonyl (C=O) groups excluding carboxylic acids is 2. The molecule has 4 aromatic rings. The van der Waals surface area contributed by atoms with Crippen molar-refractivity contribution < 1.29 is 40.7 Å². The topological polar surface area (TPSA) is 71.2 Å². The van der Waals surface area contributed by atoms with E-state index in [1.54, 1.807) is 24.3 Å². The standard InChI is InChI=1S/C28H18F6N2O3S/c29-27(30,31)18-7-6-16(21(13-18)28(32,33)34)11-20(24-25(37)36-26(38)40-24)23-12-17-10-19(8-9-22(17)35-23)39-14-15-4-2-1-3-5-15/h1-10,12-13,35H,11,14H2,(H,36,37,38)/b24-20+. The Labute approximate surface area is 227 Å². The predicted molar refractivity (Wildman–Crippen MR) is 137 cm³/mol. The van der Waals surface area contributed by atoms with Crippen molar-refractivity contribution in [2.45, 2.75) is 25.4 Å². The number of alkyl halides is 6. The van der Waals surface area contributed by atoms with Gasteiger partial charge in [-0.1, -0.05) is 36.4 Å². The van der Waals surface area contributed by atoms with Crippen molar-refractivity contribution in [3.05, 3.63) is 106 Å². The van der Waals surface area contributed by atoms with E-state index in [0.29, 0.717) is 41.1 Å². The third-order valence-electron chi connectivity index (χ3n) is 6.17. The molecular weight excluding hydrogens is 558 g/mol. The van der Waals surface area contributed by atoms with Crippen LogP contribution in [0.15, 0.2) is 77.7 Å². The number of rotatable bonds is 6. The number of fused-ring (bicyclic) bond motifs is 1. The highest BCUT2D eigenvalue weighted by Gasteiger charge is 2.39. The maximum atomic E-state index is 13.8. The van der Waals surface area contributed by atoms with Crippen LogP contribution in [-0.4, -0.2) is 16.1 Å². The molecule has 2 heterocycles. The molecule has 1 saturated heterocycles. The summed E-state index contributed by atoms with van der Waals surface area (Å²) in [6.45, 7) is 0.298. The molecule has 0 unspecified atom stereocenters. The lowest BCUT2D eigenvalue weighted by molar-refractivity contribution is -0.143. The van der Waals surface area contributed by atoms with Gasteiger partial charge in [0.15, 0.2) is 0 Å². The zero-order valence-electron chi connectivity index (χ0n) is 20.2. The average Bonchev–Trinajstić information content (AvgIpc) is 3.47. The van der Waals surface area contributed by atoms with Gasteiger partial charge in [0.25, 0.3) is 11.1 Å². The molecular formula is C28H18F6N2O3S. The third kappa shape index (κ3) is 5.86. The fraction of sp³-hybridized carbons (Fsp3) is 0.143. The fourth-order valence-electron chi connectivity index (χ4n) is 4.28. The Kier molecular flexibility index (Phi) is 7.13. The number of halogens is 6. The Hall–Kier alpha value is -4.19. The zero-order valence-corrected chi connectivity index (χ0v) is 21.1. The Balaban J connectivity index is 1.54. The lowest BCUT2D eigenvalue weighted by Gasteiger charge is -2.17. The van der Waals surface area contributed by atoms with Gasteiger partial charge in [0.2, 0.25) is 0 Å². The van der Waals surface area contributed by atoms with Crippen molar-refractivity contribution in [1.82, 2.24) is 10.3 Å². The smallest absolute Gasteiger partial charge is 0.416 e. The second-order valence-electron chi connectivity index (χ2n) is 8.90. The second kappa shape index (κ2) is 10.4. The molecule has 12 heteroatoms. The largest absolute Gasteiger partial charge is 0.489 e. The number of thioether (sulfide) groups is 1. The highest BCUT2D eigenvalue weighted by atomic mass is 32.2. The first-order valence-electron chi connectivity index (χ1n) is 11.7.